The lowest BCUT2D eigenvalue weighted by atomic mass is 10.2. The van der Waals surface area contributed by atoms with Crippen molar-refractivity contribution in [2.24, 2.45) is 0 Å². The van der Waals surface area contributed by atoms with Crippen LogP contribution in [0.5, 0.6) is 0 Å². The first-order chi connectivity index (χ1) is 7.61. The number of nitrogens with zero attached hydrogens (tertiary/aromatic N) is 1. The number of hydrogen-bond donors (Lipinski definition) is 2. The Kier molecular flexibility index (Phi) is 5.05. The number of hydrogen-bond acceptors (Lipinski definition) is 3. The molecule has 1 aromatic rings. The molecule has 0 saturated heterocycles. The first-order valence-corrected chi connectivity index (χ1v) is 5.54. The molecule has 0 spiro atoms. The number of nitrogen functional groups attached to an aromatic ring is 1. The molecule has 0 aliphatic carbocycles. The van der Waals surface area contributed by atoms with Gasteiger partial charge >= 0.3 is 0 Å². The van der Waals surface area contributed by atoms with Crippen molar-refractivity contribution in [1.29, 1.82) is 0 Å². The summed E-state index contributed by atoms with van der Waals surface area (Å²) in [6, 6.07) is 4.82. The average molecular weight is 225 g/mol. The van der Waals surface area contributed by atoms with E-state index in [4.69, 9.17) is 5.73 Å². The Morgan fingerprint density at radius 1 is 1.31 bits per heavy atom. The van der Waals surface area contributed by atoms with E-state index in [2.05, 4.69) is 24.3 Å². The van der Waals surface area contributed by atoms with Crippen LogP contribution < -0.4 is 11.1 Å². The third-order valence-corrected chi connectivity index (χ3v) is 2.40. The van der Waals surface area contributed by atoms with E-state index >= 15 is 0 Å². The van der Waals surface area contributed by atoms with Crippen molar-refractivity contribution in [2.75, 3.05) is 38.2 Å². The molecule has 3 nitrogen and oxygen atoms in total. The summed E-state index contributed by atoms with van der Waals surface area (Å²) in [4.78, 5) is 2.15. The molecule has 4 heteroatoms. The van der Waals surface area contributed by atoms with Crippen LogP contribution in [0.25, 0.3) is 0 Å². The second kappa shape index (κ2) is 6.33. The lowest BCUT2D eigenvalue weighted by molar-refractivity contribution is 0.396. The predicted octanol–water partition coefficient (Wildman–Crippen LogP) is 2.16. The summed E-state index contributed by atoms with van der Waals surface area (Å²) in [7, 11) is 4.11. The molecule has 0 radical (unpaired) electrons. The van der Waals surface area contributed by atoms with Crippen LogP contribution in [0.3, 0.4) is 0 Å². The maximum absolute atomic E-state index is 13.1. The fraction of sp³-hybridized carbons (Fsp3) is 0.500. The van der Waals surface area contributed by atoms with Gasteiger partial charge in [0, 0.05) is 6.54 Å². The number of anilines is 2. The summed E-state index contributed by atoms with van der Waals surface area (Å²) in [6.45, 7) is 1.89. The number of nitrogens with one attached hydrogen (secondary N) is 1. The standard InChI is InChI=1S/C12H20FN3/c1-16(2)9-4-3-8-15-11-7-5-6-10(13)12(11)14/h5-7,15H,3-4,8-9,14H2,1-2H3. The highest BCUT2D eigenvalue weighted by molar-refractivity contribution is 5.66. The van der Waals surface area contributed by atoms with Gasteiger partial charge in [0.25, 0.3) is 0 Å². The van der Waals surface area contributed by atoms with E-state index in [1.165, 1.54) is 6.07 Å². The highest BCUT2D eigenvalue weighted by Gasteiger charge is 2.02. The highest BCUT2D eigenvalue weighted by atomic mass is 19.1. The molecule has 90 valence electrons. The normalized spacial score (nSPS) is 10.8. The zero-order valence-corrected chi connectivity index (χ0v) is 9.96. The smallest absolute Gasteiger partial charge is 0.148 e. The van der Waals surface area contributed by atoms with Gasteiger partial charge in [0.05, 0.1) is 11.4 Å². The number of rotatable bonds is 6. The van der Waals surface area contributed by atoms with E-state index in [9.17, 15) is 4.39 Å². The molecule has 0 bridgehead atoms. The molecule has 0 aliphatic heterocycles. The number of halogens is 1. The molecular weight excluding hydrogens is 205 g/mol. The van der Waals surface area contributed by atoms with Crippen LogP contribution in [0.2, 0.25) is 0 Å². The third-order valence-electron chi connectivity index (χ3n) is 2.40. The predicted molar refractivity (Wildman–Crippen MR) is 67.1 cm³/mol. The molecule has 0 aliphatic rings. The van der Waals surface area contributed by atoms with Gasteiger partial charge in [-0.3, -0.25) is 0 Å². The first kappa shape index (κ1) is 12.8. The number of nitrogens with two attached hydrogens (primary N) is 1. The molecule has 0 aromatic heterocycles. The van der Waals surface area contributed by atoms with Crippen LogP contribution in [0.15, 0.2) is 18.2 Å². The number of unbranched alkanes of at least 4 members (excludes halogenated alkanes) is 1. The summed E-state index contributed by atoms with van der Waals surface area (Å²) >= 11 is 0. The highest BCUT2D eigenvalue weighted by Crippen LogP contribution is 2.20. The minimum atomic E-state index is -0.363. The fourth-order valence-electron chi connectivity index (χ4n) is 1.47. The minimum Gasteiger partial charge on any atom is -0.395 e. The fourth-order valence-corrected chi connectivity index (χ4v) is 1.47. The van der Waals surface area contributed by atoms with Gasteiger partial charge in [-0.1, -0.05) is 6.07 Å². The van der Waals surface area contributed by atoms with Crippen molar-refractivity contribution in [2.45, 2.75) is 12.8 Å². The Hall–Kier alpha value is -1.29. The topological polar surface area (TPSA) is 41.3 Å². The largest absolute Gasteiger partial charge is 0.395 e. The molecule has 0 amide bonds. The van der Waals surface area contributed by atoms with Gasteiger partial charge in [-0.25, -0.2) is 4.39 Å². The second-order valence-corrected chi connectivity index (χ2v) is 4.14. The van der Waals surface area contributed by atoms with Gasteiger partial charge in [-0.15, -0.1) is 0 Å². The van der Waals surface area contributed by atoms with E-state index in [0.29, 0.717) is 5.69 Å². The van der Waals surface area contributed by atoms with Crippen molar-refractivity contribution in [3.8, 4) is 0 Å². The van der Waals surface area contributed by atoms with Gasteiger partial charge in [0.2, 0.25) is 0 Å². The van der Waals surface area contributed by atoms with E-state index in [1.807, 2.05) is 0 Å². The molecule has 1 rings (SSSR count). The summed E-state index contributed by atoms with van der Waals surface area (Å²) in [5.74, 6) is -0.363. The maximum atomic E-state index is 13.1. The molecule has 0 atom stereocenters. The zero-order chi connectivity index (χ0) is 12.0. The summed E-state index contributed by atoms with van der Waals surface area (Å²) in [5.41, 5.74) is 6.49. The third kappa shape index (κ3) is 4.06. The van der Waals surface area contributed by atoms with Gasteiger partial charge in [-0.2, -0.15) is 0 Å². The summed E-state index contributed by atoms with van der Waals surface area (Å²) in [6.07, 6.45) is 2.17. The van der Waals surface area contributed by atoms with E-state index < -0.39 is 0 Å². The molecule has 1 aromatic carbocycles. The number of para-hydroxylation sites is 1. The van der Waals surface area contributed by atoms with E-state index in [0.717, 1.165) is 25.9 Å². The summed E-state index contributed by atoms with van der Waals surface area (Å²) < 4.78 is 13.1. The molecule has 0 saturated carbocycles. The molecule has 0 unspecified atom stereocenters. The minimum absolute atomic E-state index is 0.204. The summed E-state index contributed by atoms with van der Waals surface area (Å²) in [5, 5.41) is 3.14. The van der Waals surface area contributed by atoms with Gasteiger partial charge in [0.1, 0.15) is 5.82 Å². The Labute approximate surface area is 96.4 Å². The van der Waals surface area contributed by atoms with Crippen LogP contribution >= 0.6 is 0 Å². The molecule has 0 heterocycles. The Bertz CT molecular complexity index is 326. The van der Waals surface area contributed by atoms with Gasteiger partial charge in [0.15, 0.2) is 0 Å². The first-order valence-electron chi connectivity index (χ1n) is 5.54. The van der Waals surface area contributed by atoms with E-state index in [-0.39, 0.29) is 11.5 Å². The van der Waals surface area contributed by atoms with Crippen molar-refractivity contribution in [1.82, 2.24) is 4.90 Å². The molecule has 0 fully saturated rings. The Morgan fingerprint density at radius 3 is 2.75 bits per heavy atom. The van der Waals surface area contributed by atoms with Crippen LogP contribution in [0, 0.1) is 5.82 Å². The van der Waals surface area contributed by atoms with Crippen LogP contribution in [0.4, 0.5) is 15.8 Å². The monoisotopic (exact) mass is 225 g/mol. The van der Waals surface area contributed by atoms with Gasteiger partial charge < -0.3 is 16.0 Å². The lowest BCUT2D eigenvalue weighted by Gasteiger charge is -2.11. The molecule has 16 heavy (non-hydrogen) atoms. The maximum Gasteiger partial charge on any atom is 0.148 e. The van der Waals surface area contributed by atoms with Crippen LogP contribution in [-0.2, 0) is 0 Å². The van der Waals surface area contributed by atoms with Crippen molar-refractivity contribution in [3.63, 3.8) is 0 Å². The van der Waals surface area contributed by atoms with Crippen molar-refractivity contribution in [3.05, 3.63) is 24.0 Å². The molecular formula is C12H20FN3. The van der Waals surface area contributed by atoms with Gasteiger partial charge in [-0.05, 0) is 45.6 Å². The van der Waals surface area contributed by atoms with Crippen molar-refractivity contribution >= 4 is 11.4 Å². The zero-order valence-electron chi connectivity index (χ0n) is 9.96. The van der Waals surface area contributed by atoms with Crippen LogP contribution in [0.1, 0.15) is 12.8 Å². The van der Waals surface area contributed by atoms with Crippen molar-refractivity contribution < 1.29 is 4.39 Å². The lowest BCUT2D eigenvalue weighted by Crippen LogP contribution is -2.14. The number of benzene rings is 1. The average Bonchev–Trinajstić information content (AvgIpc) is 2.23. The van der Waals surface area contributed by atoms with Crippen LogP contribution in [-0.4, -0.2) is 32.1 Å². The second-order valence-electron chi connectivity index (χ2n) is 4.14. The Morgan fingerprint density at radius 2 is 2.06 bits per heavy atom. The molecule has 3 N–H and O–H groups in total. The van der Waals surface area contributed by atoms with E-state index in [1.54, 1.807) is 12.1 Å². The Balaban J connectivity index is 2.29. The quantitative estimate of drug-likeness (QED) is 0.576. The SMILES string of the molecule is CN(C)CCCCNc1cccc(F)c1N.